The highest BCUT2D eigenvalue weighted by Crippen LogP contribution is 2.34. The SMILES string of the molecule is Cc1noc(C)c1CC(=O)N1CCN(S(=O)(=O)c2cc(C(F)(F)F)ccc2Cl)CC1. The molecule has 164 valence electrons. The predicted molar refractivity (Wildman–Crippen MR) is 101 cm³/mol. The Hall–Kier alpha value is -2.11. The van der Waals surface area contributed by atoms with Crippen molar-refractivity contribution in [1.29, 1.82) is 0 Å². The van der Waals surface area contributed by atoms with Gasteiger partial charge in [0.1, 0.15) is 10.7 Å². The van der Waals surface area contributed by atoms with Crippen molar-refractivity contribution in [2.45, 2.75) is 31.3 Å². The fourth-order valence-electron chi connectivity index (χ4n) is 3.21. The smallest absolute Gasteiger partial charge is 0.361 e. The van der Waals surface area contributed by atoms with Crippen molar-refractivity contribution >= 4 is 27.5 Å². The standard InChI is InChI=1S/C18H19ClF3N3O4S/c1-11-14(12(2)29-23-11)10-17(26)24-5-7-25(8-6-24)30(27,28)16-9-13(18(20,21)22)3-4-15(16)19/h3-4,9H,5-8,10H2,1-2H3. The van der Waals surface area contributed by atoms with Gasteiger partial charge in [-0.3, -0.25) is 4.79 Å². The van der Waals surface area contributed by atoms with Gasteiger partial charge in [0.05, 0.1) is 22.7 Å². The van der Waals surface area contributed by atoms with Crippen LogP contribution in [0.15, 0.2) is 27.6 Å². The normalized spacial score (nSPS) is 16.1. The van der Waals surface area contributed by atoms with Gasteiger partial charge in [0.15, 0.2) is 0 Å². The number of carbonyl (C=O) groups is 1. The topological polar surface area (TPSA) is 83.7 Å². The van der Waals surface area contributed by atoms with Gasteiger partial charge in [-0.1, -0.05) is 16.8 Å². The highest BCUT2D eigenvalue weighted by Gasteiger charge is 2.36. The number of alkyl halides is 3. The van der Waals surface area contributed by atoms with Gasteiger partial charge >= 0.3 is 6.18 Å². The third kappa shape index (κ3) is 4.47. The molecule has 0 unspecified atom stereocenters. The van der Waals surface area contributed by atoms with E-state index in [1.54, 1.807) is 13.8 Å². The Labute approximate surface area is 176 Å². The lowest BCUT2D eigenvalue weighted by Gasteiger charge is -2.34. The molecule has 0 atom stereocenters. The molecule has 0 aliphatic carbocycles. The van der Waals surface area contributed by atoms with E-state index in [4.69, 9.17) is 16.1 Å². The average molecular weight is 466 g/mol. The van der Waals surface area contributed by atoms with Gasteiger partial charge in [-0.15, -0.1) is 0 Å². The molecule has 3 rings (SSSR count). The summed E-state index contributed by atoms with van der Waals surface area (Å²) in [6.07, 6.45) is -4.62. The summed E-state index contributed by atoms with van der Waals surface area (Å²) in [6, 6.07) is 2.18. The van der Waals surface area contributed by atoms with Crippen LogP contribution in [0.25, 0.3) is 0 Å². The molecule has 1 aromatic carbocycles. The van der Waals surface area contributed by atoms with Gasteiger partial charge in [-0.2, -0.15) is 17.5 Å². The van der Waals surface area contributed by atoms with E-state index in [1.165, 1.54) is 4.90 Å². The number of aryl methyl sites for hydroxylation is 2. The molecule has 12 heteroatoms. The molecule has 1 saturated heterocycles. The van der Waals surface area contributed by atoms with Crippen LogP contribution in [0.3, 0.4) is 0 Å². The van der Waals surface area contributed by atoms with Crippen molar-refractivity contribution in [2.75, 3.05) is 26.2 Å². The minimum absolute atomic E-state index is 0.0533. The number of benzene rings is 1. The van der Waals surface area contributed by atoms with E-state index in [1.807, 2.05) is 0 Å². The van der Waals surface area contributed by atoms with Crippen LogP contribution in [0.1, 0.15) is 22.6 Å². The van der Waals surface area contributed by atoms with E-state index < -0.39 is 26.7 Å². The highest BCUT2D eigenvalue weighted by molar-refractivity contribution is 7.89. The maximum Gasteiger partial charge on any atom is 0.416 e. The molecule has 0 bridgehead atoms. The van der Waals surface area contributed by atoms with Crippen molar-refractivity contribution in [3.8, 4) is 0 Å². The molecule has 0 saturated carbocycles. The van der Waals surface area contributed by atoms with Crippen LogP contribution in [-0.2, 0) is 27.4 Å². The van der Waals surface area contributed by atoms with Gasteiger partial charge < -0.3 is 9.42 Å². The van der Waals surface area contributed by atoms with Crippen molar-refractivity contribution in [2.24, 2.45) is 0 Å². The molecule has 7 nitrogen and oxygen atoms in total. The summed E-state index contributed by atoms with van der Waals surface area (Å²) in [5.41, 5.74) is 0.200. The predicted octanol–water partition coefficient (Wildman–Crippen LogP) is 3.04. The second kappa shape index (κ2) is 8.20. The summed E-state index contributed by atoms with van der Waals surface area (Å²) in [7, 11) is -4.25. The van der Waals surface area contributed by atoms with Gasteiger partial charge in [0, 0.05) is 31.7 Å². The number of halogens is 4. The molecule has 1 fully saturated rings. The van der Waals surface area contributed by atoms with Crippen molar-refractivity contribution in [1.82, 2.24) is 14.4 Å². The number of rotatable bonds is 4. The van der Waals surface area contributed by atoms with Crippen molar-refractivity contribution < 1.29 is 30.9 Å². The Kier molecular flexibility index (Phi) is 6.17. The van der Waals surface area contributed by atoms with E-state index >= 15 is 0 Å². The molecular formula is C18H19ClF3N3O4S. The molecule has 2 heterocycles. The highest BCUT2D eigenvalue weighted by atomic mass is 35.5. The van der Waals surface area contributed by atoms with Crippen LogP contribution in [0, 0.1) is 13.8 Å². The number of nitrogens with zero attached hydrogens (tertiary/aromatic N) is 3. The number of piperazine rings is 1. The Morgan fingerprint density at radius 3 is 2.37 bits per heavy atom. The number of carbonyl (C=O) groups excluding carboxylic acids is 1. The number of hydrogen-bond acceptors (Lipinski definition) is 5. The van der Waals surface area contributed by atoms with Crippen LogP contribution in [0.2, 0.25) is 5.02 Å². The van der Waals surface area contributed by atoms with Gasteiger partial charge in [-0.05, 0) is 32.0 Å². The molecule has 2 aromatic rings. The van der Waals surface area contributed by atoms with Crippen LogP contribution >= 0.6 is 11.6 Å². The zero-order valence-corrected chi connectivity index (χ0v) is 17.7. The third-order valence-corrected chi connectivity index (χ3v) is 7.36. The second-order valence-corrected chi connectivity index (χ2v) is 9.22. The molecule has 1 amide bonds. The van der Waals surface area contributed by atoms with E-state index in [0.717, 1.165) is 16.4 Å². The third-order valence-electron chi connectivity index (χ3n) is 4.98. The maximum atomic E-state index is 13.0. The lowest BCUT2D eigenvalue weighted by Crippen LogP contribution is -2.51. The van der Waals surface area contributed by atoms with Crippen LogP contribution in [0.5, 0.6) is 0 Å². The summed E-state index contributed by atoms with van der Waals surface area (Å²) < 4.78 is 70.7. The molecule has 1 aromatic heterocycles. The largest absolute Gasteiger partial charge is 0.416 e. The zero-order valence-electron chi connectivity index (χ0n) is 16.2. The molecule has 0 radical (unpaired) electrons. The van der Waals surface area contributed by atoms with Crippen molar-refractivity contribution in [3.63, 3.8) is 0 Å². The lowest BCUT2D eigenvalue weighted by atomic mass is 10.1. The maximum absolute atomic E-state index is 13.0. The van der Waals surface area contributed by atoms with E-state index in [0.29, 0.717) is 23.1 Å². The fourth-order valence-corrected chi connectivity index (χ4v) is 5.13. The van der Waals surface area contributed by atoms with Crippen LogP contribution < -0.4 is 0 Å². The molecule has 0 spiro atoms. The van der Waals surface area contributed by atoms with E-state index in [-0.39, 0.29) is 43.5 Å². The summed E-state index contributed by atoms with van der Waals surface area (Å²) in [4.78, 5) is 13.5. The number of hydrogen-bond donors (Lipinski definition) is 0. The van der Waals surface area contributed by atoms with Gasteiger partial charge in [0.2, 0.25) is 15.9 Å². The number of sulfonamides is 1. The Morgan fingerprint density at radius 1 is 1.20 bits per heavy atom. The summed E-state index contributed by atoms with van der Waals surface area (Å²) in [5, 5.41) is 3.51. The molecule has 1 aliphatic heterocycles. The fraction of sp³-hybridized carbons (Fsp3) is 0.444. The first-order valence-corrected chi connectivity index (χ1v) is 10.8. The van der Waals surface area contributed by atoms with Crippen LogP contribution in [0.4, 0.5) is 13.2 Å². The first-order chi connectivity index (χ1) is 13.9. The molecule has 30 heavy (non-hydrogen) atoms. The number of amides is 1. The minimum atomic E-state index is -4.70. The monoisotopic (exact) mass is 465 g/mol. The molecule has 0 N–H and O–H groups in total. The van der Waals surface area contributed by atoms with Gasteiger partial charge in [0.25, 0.3) is 0 Å². The number of aromatic nitrogens is 1. The quantitative estimate of drug-likeness (QED) is 0.693. The van der Waals surface area contributed by atoms with Gasteiger partial charge in [-0.25, -0.2) is 8.42 Å². The molecule has 1 aliphatic rings. The van der Waals surface area contributed by atoms with Crippen molar-refractivity contribution in [3.05, 3.63) is 45.8 Å². The Bertz CT molecular complexity index is 1040. The summed E-state index contributed by atoms with van der Waals surface area (Å²) in [6.45, 7) is 3.54. The first kappa shape index (κ1) is 22.6. The average Bonchev–Trinajstić information content (AvgIpc) is 2.99. The molecular weight excluding hydrogens is 447 g/mol. The summed E-state index contributed by atoms with van der Waals surface area (Å²) in [5.74, 6) is 0.333. The first-order valence-electron chi connectivity index (χ1n) is 8.97. The van der Waals surface area contributed by atoms with Crippen LogP contribution in [-0.4, -0.2) is 54.9 Å². The van der Waals surface area contributed by atoms with E-state index in [2.05, 4.69) is 5.16 Å². The lowest BCUT2D eigenvalue weighted by molar-refractivity contribution is -0.137. The Morgan fingerprint density at radius 2 is 1.83 bits per heavy atom. The second-order valence-electron chi connectivity index (χ2n) is 6.91. The summed E-state index contributed by atoms with van der Waals surface area (Å²) >= 11 is 5.89. The van der Waals surface area contributed by atoms with E-state index in [9.17, 15) is 26.4 Å². The zero-order chi connectivity index (χ0) is 22.3. The minimum Gasteiger partial charge on any atom is -0.361 e. The Balaban J connectivity index is 1.72.